The van der Waals surface area contributed by atoms with Crippen LogP contribution in [0.25, 0.3) is 11.7 Å². The first-order valence-corrected chi connectivity index (χ1v) is 12.3. The minimum absolute atomic E-state index is 0.117. The number of hydrogen-bond donors (Lipinski definition) is 0. The topological polar surface area (TPSA) is 61.2 Å². The first-order valence-electron chi connectivity index (χ1n) is 11.1. The number of piperazine rings is 1. The SMILES string of the molecule is CCCCCN1C(=O)/C(=C\c2c(N3CCN(C)CC3)nc3c(C)cccn3c2=O)SC1=S. The molecule has 2 fully saturated rings. The first kappa shape index (κ1) is 22.9. The maximum Gasteiger partial charge on any atom is 0.267 e. The Bertz CT molecular complexity index is 1140. The van der Waals surface area contributed by atoms with Crippen molar-refractivity contribution in [2.45, 2.75) is 33.1 Å². The second-order valence-electron chi connectivity index (χ2n) is 8.37. The number of carbonyl (C=O) groups is 1. The van der Waals surface area contributed by atoms with Gasteiger partial charge in [-0.05, 0) is 38.1 Å². The Balaban J connectivity index is 1.78. The van der Waals surface area contributed by atoms with Gasteiger partial charge in [-0.15, -0.1) is 0 Å². The van der Waals surface area contributed by atoms with Crippen molar-refractivity contribution in [1.29, 1.82) is 0 Å². The highest BCUT2D eigenvalue weighted by atomic mass is 32.2. The Labute approximate surface area is 198 Å². The molecule has 9 heteroatoms. The standard InChI is InChI=1S/C23H29N5O2S2/c1-4-5-6-9-28-22(30)18(32-23(28)31)15-17-20(26-13-11-25(3)12-14-26)24-19-16(2)8-7-10-27(19)21(17)29/h7-8,10,15H,4-6,9,11-14H2,1-3H3/b18-15+. The molecule has 0 spiro atoms. The lowest BCUT2D eigenvalue weighted by atomic mass is 10.2. The molecule has 0 aliphatic carbocycles. The quantitative estimate of drug-likeness (QED) is 0.364. The van der Waals surface area contributed by atoms with E-state index in [-0.39, 0.29) is 11.5 Å². The van der Waals surface area contributed by atoms with Crippen molar-refractivity contribution in [1.82, 2.24) is 19.2 Å². The van der Waals surface area contributed by atoms with Crippen LogP contribution in [0.3, 0.4) is 0 Å². The van der Waals surface area contributed by atoms with Gasteiger partial charge in [0, 0.05) is 38.9 Å². The monoisotopic (exact) mass is 471 g/mol. The Kier molecular flexibility index (Phi) is 6.97. The average Bonchev–Trinajstić information content (AvgIpc) is 3.04. The zero-order valence-electron chi connectivity index (χ0n) is 18.8. The van der Waals surface area contributed by atoms with Crippen LogP contribution in [0.15, 0.2) is 28.0 Å². The van der Waals surface area contributed by atoms with Crippen molar-refractivity contribution >= 4 is 51.7 Å². The summed E-state index contributed by atoms with van der Waals surface area (Å²) in [6.45, 7) is 8.06. The number of rotatable bonds is 6. The molecule has 2 aliphatic heterocycles. The van der Waals surface area contributed by atoms with E-state index in [1.54, 1.807) is 21.6 Å². The van der Waals surface area contributed by atoms with E-state index < -0.39 is 0 Å². The molecule has 0 saturated carbocycles. The van der Waals surface area contributed by atoms with Crippen molar-refractivity contribution in [2.75, 3.05) is 44.7 Å². The summed E-state index contributed by atoms with van der Waals surface area (Å²) in [6, 6.07) is 3.80. The lowest BCUT2D eigenvalue weighted by molar-refractivity contribution is -0.122. The lowest BCUT2D eigenvalue weighted by Gasteiger charge is -2.34. The van der Waals surface area contributed by atoms with E-state index in [4.69, 9.17) is 17.2 Å². The fourth-order valence-electron chi connectivity index (χ4n) is 4.03. The number of carbonyl (C=O) groups excluding carboxylic acids is 1. The van der Waals surface area contributed by atoms with E-state index in [1.165, 1.54) is 11.8 Å². The maximum atomic E-state index is 13.6. The Morgan fingerprint density at radius 2 is 1.94 bits per heavy atom. The zero-order chi connectivity index (χ0) is 22.8. The molecule has 170 valence electrons. The molecule has 2 aromatic rings. The van der Waals surface area contributed by atoms with Crippen molar-refractivity contribution in [2.24, 2.45) is 0 Å². The molecule has 4 rings (SSSR count). The molecule has 4 heterocycles. The van der Waals surface area contributed by atoms with Crippen LogP contribution in [0.2, 0.25) is 0 Å². The van der Waals surface area contributed by atoms with Crippen molar-refractivity contribution in [3.05, 3.63) is 44.7 Å². The number of fused-ring (bicyclic) bond motifs is 1. The minimum atomic E-state index is -0.163. The van der Waals surface area contributed by atoms with Crippen LogP contribution < -0.4 is 10.5 Å². The molecule has 0 atom stereocenters. The molecule has 0 aromatic carbocycles. The summed E-state index contributed by atoms with van der Waals surface area (Å²) < 4.78 is 2.13. The maximum absolute atomic E-state index is 13.6. The molecule has 0 bridgehead atoms. The van der Waals surface area contributed by atoms with E-state index in [9.17, 15) is 9.59 Å². The van der Waals surface area contributed by atoms with Crippen molar-refractivity contribution in [3.63, 3.8) is 0 Å². The summed E-state index contributed by atoms with van der Waals surface area (Å²) in [7, 11) is 2.09. The number of anilines is 1. The number of aromatic nitrogens is 2. The van der Waals surface area contributed by atoms with E-state index >= 15 is 0 Å². The van der Waals surface area contributed by atoms with E-state index in [1.807, 2.05) is 19.1 Å². The van der Waals surface area contributed by atoms with Crippen molar-refractivity contribution < 1.29 is 4.79 Å². The molecule has 0 radical (unpaired) electrons. The number of pyridine rings is 1. The molecule has 32 heavy (non-hydrogen) atoms. The van der Waals surface area contributed by atoms with Gasteiger partial charge in [0.15, 0.2) is 0 Å². The third-order valence-electron chi connectivity index (χ3n) is 6.00. The summed E-state index contributed by atoms with van der Waals surface area (Å²) >= 11 is 6.74. The number of thioether (sulfide) groups is 1. The highest BCUT2D eigenvalue weighted by molar-refractivity contribution is 8.26. The summed E-state index contributed by atoms with van der Waals surface area (Å²) in [5.41, 5.74) is 1.88. The average molecular weight is 472 g/mol. The van der Waals surface area contributed by atoms with E-state index in [2.05, 4.69) is 23.8 Å². The number of hydrogen-bond acceptors (Lipinski definition) is 7. The van der Waals surface area contributed by atoms with Crippen LogP contribution in [0.1, 0.15) is 37.3 Å². The normalized spacial score (nSPS) is 19.0. The second-order valence-corrected chi connectivity index (χ2v) is 10.0. The highest BCUT2D eigenvalue weighted by Crippen LogP contribution is 2.34. The number of nitrogens with zero attached hydrogens (tertiary/aromatic N) is 5. The molecule has 2 aromatic heterocycles. The van der Waals surface area contributed by atoms with Gasteiger partial charge >= 0.3 is 0 Å². The molecular weight excluding hydrogens is 442 g/mol. The number of aryl methyl sites for hydroxylation is 1. The van der Waals surface area contributed by atoms with Crippen LogP contribution in [-0.4, -0.2) is 69.2 Å². The smallest absolute Gasteiger partial charge is 0.267 e. The second kappa shape index (κ2) is 9.72. The summed E-state index contributed by atoms with van der Waals surface area (Å²) in [5, 5.41) is 0. The third kappa shape index (κ3) is 4.46. The van der Waals surface area contributed by atoms with E-state index in [0.717, 1.165) is 51.0 Å². The van der Waals surface area contributed by atoms with Gasteiger partial charge in [-0.25, -0.2) is 4.98 Å². The highest BCUT2D eigenvalue weighted by Gasteiger charge is 2.32. The zero-order valence-corrected chi connectivity index (χ0v) is 20.5. The Morgan fingerprint density at radius 1 is 1.19 bits per heavy atom. The summed E-state index contributed by atoms with van der Waals surface area (Å²) in [4.78, 5) is 38.1. The number of likely N-dealkylation sites (N-methyl/N-ethyl adjacent to an activating group) is 1. The van der Waals surface area contributed by atoms with Gasteiger partial charge in [-0.2, -0.15) is 0 Å². The molecule has 0 unspecified atom stereocenters. The predicted molar refractivity (Wildman–Crippen MR) is 135 cm³/mol. The largest absolute Gasteiger partial charge is 0.353 e. The van der Waals surface area contributed by atoms with Crippen LogP contribution in [0, 0.1) is 6.92 Å². The fraction of sp³-hybridized carbons (Fsp3) is 0.478. The van der Waals surface area contributed by atoms with Gasteiger partial charge in [-0.1, -0.05) is 49.8 Å². The predicted octanol–water partition coefficient (Wildman–Crippen LogP) is 3.15. The van der Waals surface area contributed by atoms with Gasteiger partial charge in [-0.3, -0.25) is 18.9 Å². The molecule has 7 nitrogen and oxygen atoms in total. The summed E-state index contributed by atoms with van der Waals surface area (Å²) in [6.07, 6.45) is 6.49. The number of thiocarbonyl (C=S) groups is 1. The van der Waals surface area contributed by atoms with Crippen LogP contribution in [0.5, 0.6) is 0 Å². The van der Waals surface area contributed by atoms with Crippen molar-refractivity contribution in [3.8, 4) is 0 Å². The third-order valence-corrected chi connectivity index (χ3v) is 7.38. The lowest BCUT2D eigenvalue weighted by Crippen LogP contribution is -2.45. The van der Waals surface area contributed by atoms with Gasteiger partial charge in [0.05, 0.1) is 10.5 Å². The number of unbranched alkanes of at least 4 members (excludes halogenated alkanes) is 2. The Morgan fingerprint density at radius 3 is 2.66 bits per heavy atom. The molecule has 2 aliphatic rings. The molecule has 1 amide bonds. The van der Waals surface area contributed by atoms with Gasteiger partial charge in [0.2, 0.25) is 0 Å². The van der Waals surface area contributed by atoms with Gasteiger partial charge < -0.3 is 9.80 Å². The summed E-state index contributed by atoms with van der Waals surface area (Å²) in [5.74, 6) is 0.530. The van der Waals surface area contributed by atoms with Crippen LogP contribution in [-0.2, 0) is 4.79 Å². The molecule has 0 N–H and O–H groups in total. The first-order chi connectivity index (χ1) is 15.4. The number of amides is 1. The van der Waals surface area contributed by atoms with Gasteiger partial charge in [0.1, 0.15) is 15.8 Å². The minimum Gasteiger partial charge on any atom is -0.353 e. The Hall–Kier alpha value is -2.23. The van der Waals surface area contributed by atoms with Crippen LogP contribution >= 0.6 is 24.0 Å². The van der Waals surface area contributed by atoms with E-state index in [0.29, 0.717) is 32.8 Å². The van der Waals surface area contributed by atoms with Crippen LogP contribution in [0.4, 0.5) is 5.82 Å². The molecular formula is C23H29N5O2S2. The van der Waals surface area contributed by atoms with Gasteiger partial charge in [0.25, 0.3) is 11.5 Å². The molecule has 2 saturated heterocycles. The fourth-order valence-corrected chi connectivity index (χ4v) is 5.32.